The van der Waals surface area contributed by atoms with Crippen molar-refractivity contribution in [2.45, 2.75) is 39.7 Å². The van der Waals surface area contributed by atoms with Gasteiger partial charge in [-0.1, -0.05) is 30.3 Å². The van der Waals surface area contributed by atoms with Gasteiger partial charge in [-0.05, 0) is 45.9 Å². The van der Waals surface area contributed by atoms with Crippen LogP contribution in [0, 0.1) is 13.8 Å². The molecule has 6 nitrogen and oxygen atoms in total. The van der Waals surface area contributed by atoms with Crippen LogP contribution in [-0.2, 0) is 11.2 Å². The number of anilines is 1. The minimum atomic E-state index is -0.260. The molecule has 1 aliphatic heterocycles. The first-order valence-electron chi connectivity index (χ1n) is 9.69. The molecule has 1 aliphatic rings. The fraction of sp³-hybridized carbons (Fsp3) is 0.304. The molecule has 1 amide bonds. The second-order valence-corrected chi connectivity index (χ2v) is 7.91. The molecule has 1 aromatic heterocycles. The topological polar surface area (TPSA) is 65.4 Å². The van der Waals surface area contributed by atoms with Gasteiger partial charge in [0.1, 0.15) is 5.60 Å². The summed E-state index contributed by atoms with van der Waals surface area (Å²) in [7, 11) is 0. The van der Waals surface area contributed by atoms with Crippen LogP contribution in [0.1, 0.15) is 30.8 Å². The van der Waals surface area contributed by atoms with Gasteiger partial charge < -0.3 is 14.8 Å². The highest BCUT2D eigenvalue weighted by atomic mass is 16.5. The SMILES string of the molecule is Cc1nn(-c2ccccc2)c(C)c1NC(=O)COc1cccc2c1OC(C)(C)C2. The molecule has 2 aromatic carbocycles. The molecule has 0 bridgehead atoms. The Bertz CT molecular complexity index is 1050. The molecule has 1 N–H and O–H groups in total. The van der Waals surface area contributed by atoms with Gasteiger partial charge in [0, 0.05) is 12.0 Å². The minimum absolute atomic E-state index is 0.102. The predicted octanol–water partition coefficient (Wildman–Crippen LogP) is 4.22. The summed E-state index contributed by atoms with van der Waals surface area (Å²) in [5, 5.41) is 7.49. The Morgan fingerprint density at radius 1 is 1.17 bits per heavy atom. The van der Waals surface area contributed by atoms with E-state index in [1.807, 2.05) is 80.9 Å². The molecule has 0 unspecified atom stereocenters. The quantitative estimate of drug-likeness (QED) is 0.707. The Balaban J connectivity index is 1.46. The van der Waals surface area contributed by atoms with E-state index in [1.165, 1.54) is 0 Å². The van der Waals surface area contributed by atoms with Gasteiger partial charge in [0.2, 0.25) is 0 Å². The average Bonchev–Trinajstić information content (AvgIpc) is 3.16. The van der Waals surface area contributed by atoms with Crippen molar-refractivity contribution in [2.75, 3.05) is 11.9 Å². The zero-order chi connectivity index (χ0) is 20.6. The van der Waals surface area contributed by atoms with Crippen LogP contribution in [0.5, 0.6) is 11.5 Å². The Morgan fingerprint density at radius 2 is 1.93 bits per heavy atom. The van der Waals surface area contributed by atoms with Gasteiger partial charge in [-0.3, -0.25) is 4.79 Å². The zero-order valence-corrected chi connectivity index (χ0v) is 17.2. The molecule has 0 spiro atoms. The summed E-state index contributed by atoms with van der Waals surface area (Å²) in [5.41, 5.74) is 4.12. The Labute approximate surface area is 170 Å². The summed E-state index contributed by atoms with van der Waals surface area (Å²) in [6, 6.07) is 15.6. The molecule has 0 saturated carbocycles. The molecule has 4 rings (SSSR count). The summed E-state index contributed by atoms with van der Waals surface area (Å²) in [6.07, 6.45) is 0.822. The van der Waals surface area contributed by atoms with Gasteiger partial charge in [0.15, 0.2) is 18.1 Å². The van der Waals surface area contributed by atoms with E-state index in [0.717, 1.165) is 34.8 Å². The van der Waals surface area contributed by atoms with Crippen molar-refractivity contribution in [1.29, 1.82) is 0 Å². The van der Waals surface area contributed by atoms with Gasteiger partial charge in [-0.25, -0.2) is 4.68 Å². The van der Waals surface area contributed by atoms with E-state index in [4.69, 9.17) is 9.47 Å². The highest BCUT2D eigenvalue weighted by molar-refractivity contribution is 5.93. The maximum absolute atomic E-state index is 12.5. The third-order valence-corrected chi connectivity index (χ3v) is 4.97. The standard InChI is InChI=1S/C23H25N3O3/c1-15-21(16(2)26(25-15)18-10-6-5-7-11-18)24-20(27)14-28-19-12-8-9-17-13-23(3,4)29-22(17)19/h5-12H,13-14H2,1-4H3,(H,24,27). The van der Waals surface area contributed by atoms with Crippen molar-refractivity contribution in [3.63, 3.8) is 0 Å². The summed E-state index contributed by atoms with van der Waals surface area (Å²) in [6.45, 7) is 7.79. The van der Waals surface area contributed by atoms with Crippen LogP contribution in [0.4, 0.5) is 5.69 Å². The molecular weight excluding hydrogens is 366 g/mol. The van der Waals surface area contributed by atoms with Gasteiger partial charge >= 0.3 is 0 Å². The highest BCUT2D eigenvalue weighted by Gasteiger charge is 2.32. The number of nitrogens with zero attached hydrogens (tertiary/aromatic N) is 2. The predicted molar refractivity (Wildman–Crippen MR) is 112 cm³/mol. The van der Waals surface area contributed by atoms with Crippen LogP contribution in [0.2, 0.25) is 0 Å². The second kappa shape index (κ2) is 7.28. The monoisotopic (exact) mass is 391 g/mol. The number of rotatable bonds is 5. The molecule has 150 valence electrons. The number of aromatic nitrogens is 2. The molecule has 3 aromatic rings. The van der Waals surface area contributed by atoms with Crippen LogP contribution in [0.15, 0.2) is 48.5 Å². The number of amides is 1. The van der Waals surface area contributed by atoms with Crippen molar-refractivity contribution in [1.82, 2.24) is 9.78 Å². The summed E-state index contributed by atoms with van der Waals surface area (Å²) >= 11 is 0. The molecule has 29 heavy (non-hydrogen) atoms. The number of fused-ring (bicyclic) bond motifs is 1. The average molecular weight is 391 g/mol. The Morgan fingerprint density at radius 3 is 2.69 bits per heavy atom. The van der Waals surface area contributed by atoms with Crippen molar-refractivity contribution < 1.29 is 14.3 Å². The smallest absolute Gasteiger partial charge is 0.262 e. The maximum atomic E-state index is 12.5. The Kier molecular flexibility index (Phi) is 4.78. The molecule has 0 radical (unpaired) electrons. The van der Waals surface area contributed by atoms with Crippen molar-refractivity contribution in [3.05, 3.63) is 65.5 Å². The minimum Gasteiger partial charge on any atom is -0.483 e. The lowest BCUT2D eigenvalue weighted by Crippen LogP contribution is -2.25. The number of benzene rings is 2. The van der Waals surface area contributed by atoms with Crippen LogP contribution < -0.4 is 14.8 Å². The number of carbonyl (C=O) groups excluding carboxylic acids is 1. The fourth-order valence-electron chi connectivity index (χ4n) is 3.66. The molecule has 6 heteroatoms. The van der Waals surface area contributed by atoms with Gasteiger partial charge in [-0.15, -0.1) is 0 Å². The molecule has 0 aliphatic carbocycles. The zero-order valence-electron chi connectivity index (χ0n) is 17.2. The summed E-state index contributed by atoms with van der Waals surface area (Å²) in [4.78, 5) is 12.5. The van der Waals surface area contributed by atoms with Crippen LogP contribution in [0.3, 0.4) is 0 Å². The second-order valence-electron chi connectivity index (χ2n) is 7.91. The van der Waals surface area contributed by atoms with Crippen LogP contribution in [0.25, 0.3) is 5.69 Å². The highest BCUT2D eigenvalue weighted by Crippen LogP contribution is 2.41. The number of ether oxygens (including phenoxy) is 2. The fourth-order valence-corrected chi connectivity index (χ4v) is 3.66. The maximum Gasteiger partial charge on any atom is 0.262 e. The first-order valence-corrected chi connectivity index (χ1v) is 9.69. The number of carbonyl (C=O) groups is 1. The van der Waals surface area contributed by atoms with Crippen molar-refractivity contribution in [2.24, 2.45) is 0 Å². The van der Waals surface area contributed by atoms with E-state index >= 15 is 0 Å². The van der Waals surface area contributed by atoms with E-state index in [0.29, 0.717) is 11.4 Å². The lowest BCUT2D eigenvalue weighted by Gasteiger charge is -2.18. The van der Waals surface area contributed by atoms with E-state index < -0.39 is 0 Å². The van der Waals surface area contributed by atoms with Crippen molar-refractivity contribution >= 4 is 11.6 Å². The van der Waals surface area contributed by atoms with E-state index in [2.05, 4.69) is 10.4 Å². The number of para-hydroxylation sites is 2. The molecule has 0 saturated heterocycles. The number of hydrogen-bond acceptors (Lipinski definition) is 4. The number of hydrogen-bond donors (Lipinski definition) is 1. The molecular formula is C23H25N3O3. The van der Waals surface area contributed by atoms with E-state index in [-0.39, 0.29) is 18.1 Å². The Hall–Kier alpha value is -3.28. The van der Waals surface area contributed by atoms with Gasteiger partial charge in [0.05, 0.1) is 22.8 Å². The van der Waals surface area contributed by atoms with E-state index in [9.17, 15) is 4.79 Å². The van der Waals surface area contributed by atoms with E-state index in [1.54, 1.807) is 0 Å². The molecule has 2 heterocycles. The largest absolute Gasteiger partial charge is 0.483 e. The first-order chi connectivity index (χ1) is 13.8. The summed E-state index contributed by atoms with van der Waals surface area (Å²) < 4.78 is 13.6. The number of aryl methyl sites for hydroxylation is 1. The third kappa shape index (κ3) is 3.83. The molecule has 0 atom stereocenters. The van der Waals surface area contributed by atoms with Gasteiger partial charge in [-0.2, -0.15) is 5.10 Å². The van der Waals surface area contributed by atoms with Crippen molar-refractivity contribution in [3.8, 4) is 17.2 Å². The van der Waals surface area contributed by atoms with Gasteiger partial charge in [0.25, 0.3) is 5.91 Å². The lowest BCUT2D eigenvalue weighted by molar-refractivity contribution is -0.118. The third-order valence-electron chi connectivity index (χ3n) is 4.97. The van der Waals surface area contributed by atoms with Crippen LogP contribution in [-0.4, -0.2) is 27.9 Å². The summed E-state index contributed by atoms with van der Waals surface area (Å²) in [5.74, 6) is 1.09. The number of nitrogens with one attached hydrogen (secondary N) is 1. The molecule has 0 fully saturated rings. The lowest BCUT2D eigenvalue weighted by atomic mass is 10.0. The first kappa shape index (κ1) is 19.1. The normalized spacial score (nSPS) is 14.2. The van der Waals surface area contributed by atoms with Crippen LogP contribution >= 0.6 is 0 Å².